The minimum atomic E-state index is 0.0383. The van der Waals surface area contributed by atoms with Crippen LogP contribution in [0.4, 0.5) is 4.79 Å². The van der Waals surface area contributed by atoms with E-state index in [2.05, 4.69) is 28.7 Å². The topological polar surface area (TPSA) is 50.2 Å². The highest BCUT2D eigenvalue weighted by Crippen LogP contribution is 2.35. The van der Waals surface area contributed by atoms with Crippen molar-refractivity contribution in [3.63, 3.8) is 0 Å². The summed E-state index contributed by atoms with van der Waals surface area (Å²) < 4.78 is 1.98. The number of hydrogen-bond donors (Lipinski definition) is 1. The zero-order valence-electron chi connectivity index (χ0n) is 13.0. The third-order valence-electron chi connectivity index (χ3n) is 4.16. The van der Waals surface area contributed by atoms with Crippen LogP contribution in [0.1, 0.15) is 36.8 Å². The summed E-state index contributed by atoms with van der Waals surface area (Å²) in [6.45, 7) is 5.71. The van der Waals surface area contributed by atoms with Crippen LogP contribution in [0.3, 0.4) is 0 Å². The van der Waals surface area contributed by atoms with Gasteiger partial charge >= 0.3 is 6.03 Å². The monoisotopic (exact) mass is 318 g/mol. The fourth-order valence-corrected chi connectivity index (χ4v) is 4.06. The summed E-state index contributed by atoms with van der Waals surface area (Å²) in [5.41, 5.74) is 1.33. The number of thiophene rings is 1. The van der Waals surface area contributed by atoms with Crippen LogP contribution in [0.15, 0.2) is 30.2 Å². The lowest BCUT2D eigenvalue weighted by molar-refractivity contribution is 0.164. The normalized spacial score (nSPS) is 18.8. The highest BCUT2D eigenvalue weighted by atomic mass is 32.1. The van der Waals surface area contributed by atoms with E-state index in [9.17, 15) is 4.79 Å². The van der Waals surface area contributed by atoms with E-state index < -0.39 is 0 Å². The minimum Gasteiger partial charge on any atom is -0.335 e. The molecule has 2 atom stereocenters. The van der Waals surface area contributed by atoms with Crippen molar-refractivity contribution in [2.45, 2.75) is 45.3 Å². The SMILES string of the molecule is CCC1c2ccsc2CCN1C(=O)NC(C)Cn1ccnc1. The third-order valence-corrected chi connectivity index (χ3v) is 5.15. The molecule has 0 radical (unpaired) electrons. The fourth-order valence-electron chi connectivity index (χ4n) is 3.13. The van der Waals surface area contributed by atoms with Crippen molar-refractivity contribution in [2.75, 3.05) is 6.54 Å². The molecule has 0 saturated heterocycles. The molecule has 1 aliphatic rings. The molecule has 3 rings (SSSR count). The van der Waals surface area contributed by atoms with E-state index in [1.807, 2.05) is 22.6 Å². The third kappa shape index (κ3) is 3.02. The molecule has 0 spiro atoms. The number of carbonyl (C=O) groups is 1. The van der Waals surface area contributed by atoms with Crippen molar-refractivity contribution in [2.24, 2.45) is 0 Å². The van der Waals surface area contributed by atoms with Gasteiger partial charge in [0.15, 0.2) is 0 Å². The zero-order valence-corrected chi connectivity index (χ0v) is 13.8. The molecule has 2 amide bonds. The Morgan fingerprint density at radius 1 is 1.59 bits per heavy atom. The summed E-state index contributed by atoms with van der Waals surface area (Å²) in [6, 6.07) is 2.48. The second-order valence-corrected chi connectivity index (χ2v) is 6.78. The summed E-state index contributed by atoms with van der Waals surface area (Å²) >= 11 is 1.81. The molecule has 0 aromatic carbocycles. The molecule has 6 heteroatoms. The van der Waals surface area contributed by atoms with Gasteiger partial charge in [0.25, 0.3) is 0 Å². The van der Waals surface area contributed by atoms with Crippen molar-refractivity contribution in [3.05, 3.63) is 40.6 Å². The zero-order chi connectivity index (χ0) is 15.5. The first kappa shape index (κ1) is 15.1. The van der Waals surface area contributed by atoms with E-state index >= 15 is 0 Å². The van der Waals surface area contributed by atoms with Crippen LogP contribution in [0, 0.1) is 0 Å². The highest BCUT2D eigenvalue weighted by molar-refractivity contribution is 7.10. The van der Waals surface area contributed by atoms with Gasteiger partial charge in [-0.2, -0.15) is 0 Å². The molecule has 2 aromatic rings. The Bertz CT molecular complexity index is 622. The summed E-state index contributed by atoms with van der Waals surface area (Å²) in [6.07, 6.45) is 7.36. The van der Waals surface area contributed by atoms with Crippen molar-refractivity contribution < 1.29 is 4.79 Å². The van der Waals surface area contributed by atoms with Crippen LogP contribution in [0.25, 0.3) is 0 Å². The van der Waals surface area contributed by atoms with E-state index in [0.717, 1.165) is 25.9 Å². The molecular formula is C16H22N4OS. The maximum Gasteiger partial charge on any atom is 0.318 e. The molecule has 0 aliphatic carbocycles. The largest absolute Gasteiger partial charge is 0.335 e. The minimum absolute atomic E-state index is 0.0383. The summed E-state index contributed by atoms with van der Waals surface area (Å²) in [7, 11) is 0. The van der Waals surface area contributed by atoms with Crippen molar-refractivity contribution in [1.29, 1.82) is 0 Å². The van der Waals surface area contributed by atoms with Crippen LogP contribution in [0.2, 0.25) is 0 Å². The molecule has 22 heavy (non-hydrogen) atoms. The highest BCUT2D eigenvalue weighted by Gasteiger charge is 2.30. The van der Waals surface area contributed by atoms with E-state index in [4.69, 9.17) is 0 Å². The number of amides is 2. The summed E-state index contributed by atoms with van der Waals surface area (Å²) in [5, 5.41) is 5.25. The molecule has 118 valence electrons. The van der Waals surface area contributed by atoms with Gasteiger partial charge < -0.3 is 14.8 Å². The maximum absolute atomic E-state index is 12.6. The first-order valence-electron chi connectivity index (χ1n) is 7.78. The molecule has 2 aromatic heterocycles. The van der Waals surface area contributed by atoms with Gasteiger partial charge in [-0.1, -0.05) is 6.92 Å². The number of hydrogen-bond acceptors (Lipinski definition) is 3. The van der Waals surface area contributed by atoms with E-state index in [1.54, 1.807) is 23.9 Å². The average Bonchev–Trinajstić information content (AvgIpc) is 3.16. The second kappa shape index (κ2) is 6.52. The van der Waals surface area contributed by atoms with Gasteiger partial charge in [-0.3, -0.25) is 0 Å². The lowest BCUT2D eigenvalue weighted by Crippen LogP contribution is -2.48. The van der Waals surface area contributed by atoms with E-state index in [-0.39, 0.29) is 18.1 Å². The Hall–Kier alpha value is -1.82. The lowest BCUT2D eigenvalue weighted by atomic mass is 9.98. The summed E-state index contributed by atoms with van der Waals surface area (Å²) in [4.78, 5) is 20.1. The van der Waals surface area contributed by atoms with Gasteiger partial charge in [0.1, 0.15) is 0 Å². The molecule has 2 unspecified atom stereocenters. The molecule has 1 N–H and O–H groups in total. The van der Waals surface area contributed by atoms with Gasteiger partial charge in [0, 0.05) is 36.4 Å². The molecule has 1 aliphatic heterocycles. The van der Waals surface area contributed by atoms with Gasteiger partial charge in [-0.05, 0) is 36.8 Å². The smallest absolute Gasteiger partial charge is 0.318 e. The van der Waals surface area contributed by atoms with Crippen LogP contribution in [-0.2, 0) is 13.0 Å². The average molecular weight is 318 g/mol. The number of nitrogens with zero attached hydrogens (tertiary/aromatic N) is 3. The predicted molar refractivity (Wildman–Crippen MR) is 88.0 cm³/mol. The Kier molecular flexibility index (Phi) is 4.47. The van der Waals surface area contributed by atoms with E-state index in [1.165, 1.54) is 10.4 Å². The van der Waals surface area contributed by atoms with Crippen molar-refractivity contribution >= 4 is 17.4 Å². The Morgan fingerprint density at radius 3 is 3.18 bits per heavy atom. The maximum atomic E-state index is 12.6. The first-order chi connectivity index (χ1) is 10.7. The molecular weight excluding hydrogens is 296 g/mol. The van der Waals surface area contributed by atoms with Crippen molar-refractivity contribution in [1.82, 2.24) is 19.8 Å². The summed E-state index contributed by atoms with van der Waals surface area (Å²) in [5.74, 6) is 0. The predicted octanol–water partition coefficient (Wildman–Crippen LogP) is 3.05. The number of urea groups is 1. The number of imidazole rings is 1. The standard InChI is InChI=1S/C16H22N4OS/c1-3-14-13-5-9-22-15(13)4-7-20(14)16(21)18-12(2)10-19-8-6-17-11-19/h5-6,8-9,11-12,14H,3-4,7,10H2,1-2H3,(H,18,21). The van der Waals surface area contributed by atoms with Crippen LogP contribution >= 0.6 is 11.3 Å². The number of aromatic nitrogens is 2. The van der Waals surface area contributed by atoms with E-state index in [0.29, 0.717) is 0 Å². The Balaban J connectivity index is 1.64. The first-order valence-corrected chi connectivity index (χ1v) is 8.66. The Labute approximate surface area is 135 Å². The van der Waals surface area contributed by atoms with Gasteiger partial charge in [0.05, 0.1) is 12.4 Å². The molecule has 0 bridgehead atoms. The molecule has 0 fully saturated rings. The van der Waals surface area contributed by atoms with Crippen LogP contribution in [0.5, 0.6) is 0 Å². The van der Waals surface area contributed by atoms with Crippen molar-refractivity contribution in [3.8, 4) is 0 Å². The van der Waals surface area contributed by atoms with Crippen LogP contribution < -0.4 is 5.32 Å². The lowest BCUT2D eigenvalue weighted by Gasteiger charge is -2.36. The quantitative estimate of drug-likeness (QED) is 0.942. The number of rotatable bonds is 4. The van der Waals surface area contributed by atoms with Gasteiger partial charge in [0.2, 0.25) is 0 Å². The van der Waals surface area contributed by atoms with Gasteiger partial charge in [-0.15, -0.1) is 11.3 Å². The molecule has 5 nitrogen and oxygen atoms in total. The second-order valence-electron chi connectivity index (χ2n) is 5.78. The molecule has 3 heterocycles. The number of nitrogens with one attached hydrogen (secondary N) is 1. The molecule has 0 saturated carbocycles. The Morgan fingerprint density at radius 2 is 2.45 bits per heavy atom. The van der Waals surface area contributed by atoms with Crippen LogP contribution in [-0.4, -0.2) is 33.1 Å². The number of carbonyl (C=O) groups excluding carboxylic acids is 1. The fraction of sp³-hybridized carbons (Fsp3) is 0.500. The van der Waals surface area contributed by atoms with Gasteiger partial charge in [-0.25, -0.2) is 9.78 Å². The number of fused-ring (bicyclic) bond motifs is 1.